The molecule has 1 N–H and O–H groups in total. The zero-order valence-electron chi connectivity index (χ0n) is 15.3. The standard InChI is InChI=1S/C20H25N3O2/c1-5-10-21-19(25)14-6-8-15(9-7-14)23-16-11-20(3,4)12-17(24)18(16)13(2)22-23/h6-9H,5,10-12H2,1-4H3,(H,21,25). The van der Waals surface area contributed by atoms with Gasteiger partial charge in [0.05, 0.1) is 22.6 Å². The molecule has 5 heteroatoms. The van der Waals surface area contributed by atoms with E-state index in [4.69, 9.17) is 0 Å². The molecule has 1 aliphatic carbocycles. The SMILES string of the molecule is CCCNC(=O)c1ccc(-n2nc(C)c3c2CC(C)(C)CC3=O)cc1. The second-order valence-corrected chi connectivity index (χ2v) is 7.56. The molecule has 1 aliphatic rings. The average Bonchev–Trinajstić information content (AvgIpc) is 2.88. The number of aromatic nitrogens is 2. The average molecular weight is 339 g/mol. The number of amides is 1. The van der Waals surface area contributed by atoms with Crippen LogP contribution in [-0.4, -0.2) is 28.0 Å². The van der Waals surface area contributed by atoms with Gasteiger partial charge in [-0.15, -0.1) is 0 Å². The maximum atomic E-state index is 12.5. The van der Waals surface area contributed by atoms with Crippen molar-refractivity contribution in [1.29, 1.82) is 0 Å². The number of hydrogen-bond donors (Lipinski definition) is 1. The lowest BCUT2D eigenvalue weighted by atomic mass is 9.75. The van der Waals surface area contributed by atoms with Crippen molar-refractivity contribution in [2.45, 2.75) is 47.0 Å². The fourth-order valence-corrected chi connectivity index (χ4v) is 3.45. The van der Waals surface area contributed by atoms with Crippen LogP contribution in [0.4, 0.5) is 0 Å². The number of carbonyl (C=O) groups excluding carboxylic acids is 2. The Morgan fingerprint density at radius 3 is 2.56 bits per heavy atom. The molecule has 0 aliphatic heterocycles. The van der Waals surface area contributed by atoms with Gasteiger partial charge in [-0.2, -0.15) is 5.10 Å². The van der Waals surface area contributed by atoms with E-state index >= 15 is 0 Å². The zero-order chi connectivity index (χ0) is 18.2. The number of hydrogen-bond acceptors (Lipinski definition) is 3. The summed E-state index contributed by atoms with van der Waals surface area (Å²) in [6, 6.07) is 7.39. The number of aryl methyl sites for hydroxylation is 1. The normalized spacial score (nSPS) is 15.8. The van der Waals surface area contributed by atoms with Gasteiger partial charge in [-0.3, -0.25) is 9.59 Å². The van der Waals surface area contributed by atoms with Gasteiger partial charge in [-0.05, 0) is 49.4 Å². The lowest BCUT2D eigenvalue weighted by Gasteiger charge is -2.29. The number of rotatable bonds is 4. The van der Waals surface area contributed by atoms with Gasteiger partial charge in [0.2, 0.25) is 0 Å². The van der Waals surface area contributed by atoms with Crippen LogP contribution < -0.4 is 5.32 Å². The highest BCUT2D eigenvalue weighted by atomic mass is 16.1. The van der Waals surface area contributed by atoms with Gasteiger partial charge in [-0.1, -0.05) is 20.8 Å². The Labute approximate surface area is 148 Å². The molecule has 0 fully saturated rings. The van der Waals surface area contributed by atoms with Crippen LogP contribution in [-0.2, 0) is 6.42 Å². The van der Waals surface area contributed by atoms with E-state index in [1.807, 2.05) is 30.7 Å². The van der Waals surface area contributed by atoms with Crippen LogP contribution >= 0.6 is 0 Å². The third kappa shape index (κ3) is 3.36. The molecule has 5 nitrogen and oxygen atoms in total. The van der Waals surface area contributed by atoms with Crippen molar-refractivity contribution in [3.63, 3.8) is 0 Å². The minimum absolute atomic E-state index is 0.0612. The molecule has 1 aromatic carbocycles. The minimum atomic E-state index is -0.0663. The molecule has 1 aromatic heterocycles. The number of carbonyl (C=O) groups is 2. The van der Waals surface area contributed by atoms with Gasteiger partial charge in [0, 0.05) is 18.5 Å². The van der Waals surface area contributed by atoms with E-state index < -0.39 is 0 Å². The van der Waals surface area contributed by atoms with Crippen LogP contribution in [0.25, 0.3) is 5.69 Å². The molecule has 0 saturated heterocycles. The summed E-state index contributed by atoms with van der Waals surface area (Å²) < 4.78 is 1.86. The molecular weight excluding hydrogens is 314 g/mol. The lowest BCUT2D eigenvalue weighted by molar-refractivity contribution is 0.0908. The van der Waals surface area contributed by atoms with E-state index in [0.717, 1.165) is 35.5 Å². The second kappa shape index (κ2) is 6.47. The van der Waals surface area contributed by atoms with Crippen LogP contribution in [0.2, 0.25) is 0 Å². The Balaban J connectivity index is 1.95. The molecular formula is C20H25N3O2. The highest BCUT2D eigenvalue weighted by molar-refractivity contribution is 6.00. The topological polar surface area (TPSA) is 64.0 Å². The summed E-state index contributed by atoms with van der Waals surface area (Å²) in [5.74, 6) is 0.106. The zero-order valence-corrected chi connectivity index (χ0v) is 15.3. The van der Waals surface area contributed by atoms with Gasteiger partial charge >= 0.3 is 0 Å². The van der Waals surface area contributed by atoms with Gasteiger partial charge in [-0.25, -0.2) is 4.68 Å². The summed E-state index contributed by atoms with van der Waals surface area (Å²) >= 11 is 0. The molecule has 1 amide bonds. The van der Waals surface area contributed by atoms with Crippen LogP contribution in [0.3, 0.4) is 0 Å². The van der Waals surface area contributed by atoms with Gasteiger partial charge in [0.1, 0.15) is 0 Å². The maximum absolute atomic E-state index is 12.5. The van der Waals surface area contributed by atoms with E-state index in [2.05, 4.69) is 24.3 Å². The lowest BCUT2D eigenvalue weighted by Crippen LogP contribution is -2.28. The van der Waals surface area contributed by atoms with Crippen molar-refractivity contribution in [3.05, 3.63) is 46.8 Å². The molecule has 1 heterocycles. The smallest absolute Gasteiger partial charge is 0.251 e. The quantitative estimate of drug-likeness (QED) is 0.927. The number of benzene rings is 1. The van der Waals surface area contributed by atoms with E-state index in [0.29, 0.717) is 18.5 Å². The number of nitrogens with zero attached hydrogens (tertiary/aromatic N) is 2. The molecule has 132 valence electrons. The fraction of sp³-hybridized carbons (Fsp3) is 0.450. The molecule has 3 rings (SSSR count). The fourth-order valence-electron chi connectivity index (χ4n) is 3.45. The Bertz CT molecular complexity index is 816. The second-order valence-electron chi connectivity index (χ2n) is 7.56. The summed E-state index contributed by atoms with van der Waals surface area (Å²) in [4.78, 5) is 24.5. The first kappa shape index (κ1) is 17.4. The summed E-state index contributed by atoms with van der Waals surface area (Å²) in [6.07, 6.45) is 2.28. The van der Waals surface area contributed by atoms with E-state index in [-0.39, 0.29) is 17.1 Å². The van der Waals surface area contributed by atoms with Gasteiger partial charge in [0.25, 0.3) is 5.91 Å². The first-order valence-electron chi connectivity index (χ1n) is 8.83. The summed E-state index contributed by atoms with van der Waals surface area (Å²) in [7, 11) is 0. The number of nitrogens with one attached hydrogen (secondary N) is 1. The van der Waals surface area contributed by atoms with E-state index in [9.17, 15) is 9.59 Å². The monoisotopic (exact) mass is 339 g/mol. The molecule has 2 aromatic rings. The van der Waals surface area contributed by atoms with Crippen molar-refractivity contribution < 1.29 is 9.59 Å². The molecule has 0 saturated carbocycles. The van der Waals surface area contributed by atoms with Crippen molar-refractivity contribution >= 4 is 11.7 Å². The van der Waals surface area contributed by atoms with Gasteiger partial charge < -0.3 is 5.32 Å². The molecule has 0 radical (unpaired) electrons. The molecule has 0 atom stereocenters. The first-order chi connectivity index (χ1) is 11.8. The highest BCUT2D eigenvalue weighted by Gasteiger charge is 2.35. The predicted octanol–water partition coefficient (Wildman–Crippen LogP) is 3.48. The first-order valence-corrected chi connectivity index (χ1v) is 8.83. The summed E-state index contributed by atoms with van der Waals surface area (Å²) in [6.45, 7) is 8.81. The Kier molecular flexibility index (Phi) is 4.50. The highest BCUT2D eigenvalue weighted by Crippen LogP contribution is 2.36. The van der Waals surface area contributed by atoms with Crippen LogP contribution in [0.15, 0.2) is 24.3 Å². The molecule has 0 bridgehead atoms. The van der Waals surface area contributed by atoms with Crippen LogP contribution in [0.5, 0.6) is 0 Å². The minimum Gasteiger partial charge on any atom is -0.352 e. The Morgan fingerprint density at radius 1 is 1.24 bits per heavy atom. The van der Waals surface area contributed by atoms with Crippen molar-refractivity contribution in [1.82, 2.24) is 15.1 Å². The van der Waals surface area contributed by atoms with Crippen LogP contribution in [0.1, 0.15) is 65.7 Å². The van der Waals surface area contributed by atoms with E-state index in [1.54, 1.807) is 12.1 Å². The third-order valence-corrected chi connectivity index (χ3v) is 4.63. The van der Waals surface area contributed by atoms with E-state index in [1.165, 1.54) is 0 Å². The summed E-state index contributed by atoms with van der Waals surface area (Å²) in [5, 5.41) is 7.47. The molecule has 0 unspecified atom stereocenters. The largest absolute Gasteiger partial charge is 0.352 e. The number of Topliss-reactive ketones (excluding diaryl/α,β-unsaturated/α-hetero) is 1. The molecule has 0 spiro atoms. The number of fused-ring (bicyclic) bond motifs is 1. The number of ketones is 1. The molecule has 25 heavy (non-hydrogen) atoms. The summed E-state index contributed by atoms with van der Waals surface area (Å²) in [5.41, 5.74) is 3.97. The Morgan fingerprint density at radius 2 is 1.92 bits per heavy atom. The third-order valence-electron chi connectivity index (χ3n) is 4.63. The predicted molar refractivity (Wildman–Crippen MR) is 97.4 cm³/mol. The van der Waals surface area contributed by atoms with Gasteiger partial charge in [0.15, 0.2) is 5.78 Å². The van der Waals surface area contributed by atoms with Crippen molar-refractivity contribution in [2.75, 3.05) is 6.54 Å². The maximum Gasteiger partial charge on any atom is 0.251 e. The van der Waals surface area contributed by atoms with Crippen molar-refractivity contribution in [3.8, 4) is 5.69 Å². The van der Waals surface area contributed by atoms with Crippen molar-refractivity contribution in [2.24, 2.45) is 5.41 Å². The van der Waals surface area contributed by atoms with Crippen LogP contribution in [0, 0.1) is 12.3 Å². The Hall–Kier alpha value is -2.43.